The van der Waals surface area contributed by atoms with E-state index in [4.69, 9.17) is 9.47 Å². The number of phenolic OH excluding ortho intramolecular Hbond substituents is 1. The minimum absolute atomic E-state index is 0.0750. The van der Waals surface area contributed by atoms with Crippen molar-refractivity contribution in [2.45, 2.75) is 31.5 Å². The third kappa shape index (κ3) is 3.11. The van der Waals surface area contributed by atoms with Crippen LogP contribution in [-0.2, 0) is 32.9 Å². The van der Waals surface area contributed by atoms with E-state index in [1.807, 2.05) is 31.2 Å². The van der Waals surface area contributed by atoms with Crippen LogP contribution in [0.4, 0.5) is 5.69 Å². The SMILES string of the molecule is Cc1cccc2c1NC(=O)[C@@]21N[C@H](Cc2ccc(O)cc2)[C@H]2C(=O)N(Cc3ccc4c(c3)OCO4)C(=O)[C@@H]21. The number of anilines is 1. The molecule has 3 aromatic carbocycles. The van der Waals surface area contributed by atoms with Gasteiger partial charge in [-0.3, -0.25) is 24.6 Å². The molecule has 9 nitrogen and oxygen atoms in total. The molecule has 38 heavy (non-hydrogen) atoms. The highest BCUT2D eigenvalue weighted by Crippen LogP contribution is 2.54. The lowest BCUT2D eigenvalue weighted by Gasteiger charge is -2.29. The zero-order valence-corrected chi connectivity index (χ0v) is 20.6. The Morgan fingerprint density at radius 2 is 1.74 bits per heavy atom. The molecule has 4 aliphatic rings. The van der Waals surface area contributed by atoms with E-state index in [2.05, 4.69) is 10.6 Å². The summed E-state index contributed by atoms with van der Waals surface area (Å²) >= 11 is 0. The van der Waals surface area contributed by atoms with Crippen LogP contribution in [-0.4, -0.2) is 40.6 Å². The van der Waals surface area contributed by atoms with Crippen LogP contribution in [0.5, 0.6) is 17.2 Å². The van der Waals surface area contributed by atoms with Gasteiger partial charge < -0.3 is 19.9 Å². The van der Waals surface area contributed by atoms with E-state index in [0.717, 1.165) is 16.7 Å². The Morgan fingerprint density at radius 1 is 0.974 bits per heavy atom. The Morgan fingerprint density at radius 3 is 2.55 bits per heavy atom. The van der Waals surface area contributed by atoms with Gasteiger partial charge in [-0.2, -0.15) is 0 Å². The molecule has 3 aromatic rings. The molecule has 7 rings (SSSR count). The van der Waals surface area contributed by atoms with Gasteiger partial charge in [0.1, 0.15) is 11.3 Å². The fourth-order valence-electron chi connectivity index (χ4n) is 6.47. The molecule has 4 atom stereocenters. The Kier molecular flexibility index (Phi) is 4.84. The number of aromatic hydroxyl groups is 1. The lowest BCUT2D eigenvalue weighted by Crippen LogP contribution is -2.53. The van der Waals surface area contributed by atoms with Crippen LogP contribution in [0.25, 0.3) is 0 Å². The summed E-state index contributed by atoms with van der Waals surface area (Å²) in [7, 11) is 0. The van der Waals surface area contributed by atoms with E-state index in [9.17, 15) is 19.5 Å². The molecular formula is C29H25N3O6. The average Bonchev–Trinajstić information content (AvgIpc) is 3.63. The van der Waals surface area contributed by atoms with E-state index >= 15 is 0 Å². The van der Waals surface area contributed by atoms with Crippen molar-refractivity contribution in [3.8, 4) is 17.2 Å². The maximum Gasteiger partial charge on any atom is 0.250 e. The third-order valence-electron chi connectivity index (χ3n) is 8.22. The number of carbonyl (C=O) groups is 3. The largest absolute Gasteiger partial charge is 0.508 e. The molecule has 4 heterocycles. The van der Waals surface area contributed by atoms with Gasteiger partial charge >= 0.3 is 0 Å². The number of carbonyl (C=O) groups excluding carboxylic acids is 3. The van der Waals surface area contributed by atoms with E-state index < -0.39 is 23.4 Å². The number of para-hydroxylation sites is 1. The van der Waals surface area contributed by atoms with Crippen molar-refractivity contribution in [3.63, 3.8) is 0 Å². The molecule has 9 heteroatoms. The highest BCUT2D eigenvalue weighted by atomic mass is 16.7. The van der Waals surface area contributed by atoms with Gasteiger partial charge in [0.2, 0.25) is 24.5 Å². The van der Waals surface area contributed by atoms with Crippen LogP contribution in [0.3, 0.4) is 0 Å². The van der Waals surface area contributed by atoms with E-state index in [1.54, 1.807) is 36.4 Å². The Balaban J connectivity index is 1.30. The van der Waals surface area contributed by atoms with Gasteiger partial charge in [-0.1, -0.05) is 36.4 Å². The van der Waals surface area contributed by atoms with Crippen LogP contribution in [0.15, 0.2) is 60.7 Å². The standard InChI is InChI=1S/C29H25N3O6/c1-15-3-2-4-19-25(15)30-28(36)29(19)24-23(20(31-29)11-16-5-8-18(33)9-6-16)26(34)32(27(24)35)13-17-7-10-21-22(12-17)38-14-37-21/h2-10,12,20,23-24,31,33H,11,13-14H2,1H3,(H,30,36)/t20-,23-,24-,29-/m1/s1. The predicted octanol–water partition coefficient (Wildman–Crippen LogP) is 2.59. The predicted molar refractivity (Wildman–Crippen MR) is 135 cm³/mol. The minimum Gasteiger partial charge on any atom is -0.508 e. The first kappa shape index (κ1) is 22.8. The number of imide groups is 1. The van der Waals surface area contributed by atoms with Crippen molar-refractivity contribution < 1.29 is 29.0 Å². The number of benzene rings is 3. The van der Waals surface area contributed by atoms with Crippen molar-refractivity contribution in [3.05, 3.63) is 82.9 Å². The number of phenols is 1. The van der Waals surface area contributed by atoms with E-state index in [-0.39, 0.29) is 36.8 Å². The topological polar surface area (TPSA) is 117 Å². The molecule has 4 aliphatic heterocycles. The molecule has 192 valence electrons. The summed E-state index contributed by atoms with van der Waals surface area (Å²) in [5.41, 5.74) is 2.53. The number of rotatable bonds is 4. The zero-order valence-electron chi connectivity index (χ0n) is 20.6. The van der Waals surface area contributed by atoms with Crippen molar-refractivity contribution in [1.82, 2.24) is 10.2 Å². The first-order valence-electron chi connectivity index (χ1n) is 12.6. The summed E-state index contributed by atoms with van der Waals surface area (Å²) in [6, 6.07) is 17.3. The molecule has 3 amide bonds. The van der Waals surface area contributed by atoms with Crippen molar-refractivity contribution in [2.24, 2.45) is 11.8 Å². The Bertz CT molecular complexity index is 1520. The van der Waals surface area contributed by atoms with Crippen LogP contribution >= 0.6 is 0 Å². The average molecular weight is 512 g/mol. The van der Waals surface area contributed by atoms with Crippen LogP contribution in [0, 0.1) is 18.8 Å². The second-order valence-corrected chi connectivity index (χ2v) is 10.3. The Labute approximate surface area is 218 Å². The maximum atomic E-state index is 14.1. The molecule has 1 spiro atoms. The first-order chi connectivity index (χ1) is 18.4. The number of aryl methyl sites for hydroxylation is 1. The van der Waals surface area contributed by atoms with Crippen LogP contribution in [0.1, 0.15) is 22.3 Å². The zero-order chi connectivity index (χ0) is 26.2. The quantitative estimate of drug-likeness (QED) is 0.461. The number of likely N-dealkylation sites (tertiary alicyclic amines) is 1. The van der Waals surface area contributed by atoms with E-state index in [0.29, 0.717) is 29.2 Å². The number of hydrogen-bond acceptors (Lipinski definition) is 7. The number of ether oxygens (including phenoxy) is 2. The fourth-order valence-corrected chi connectivity index (χ4v) is 6.47. The lowest BCUT2D eigenvalue weighted by molar-refractivity contribution is -0.143. The summed E-state index contributed by atoms with van der Waals surface area (Å²) in [5, 5.41) is 16.2. The molecule has 0 aromatic heterocycles. The highest BCUT2D eigenvalue weighted by Gasteiger charge is 2.70. The molecule has 0 unspecified atom stereocenters. The number of amides is 3. The molecule has 3 N–H and O–H groups in total. The third-order valence-corrected chi connectivity index (χ3v) is 8.22. The maximum absolute atomic E-state index is 14.1. The van der Waals surface area contributed by atoms with Crippen molar-refractivity contribution in [2.75, 3.05) is 12.1 Å². The first-order valence-corrected chi connectivity index (χ1v) is 12.6. The monoisotopic (exact) mass is 511 g/mol. The van der Waals surface area contributed by atoms with Gasteiger partial charge in [0.15, 0.2) is 11.5 Å². The summed E-state index contributed by atoms with van der Waals surface area (Å²) in [5.74, 6) is -1.29. The van der Waals surface area contributed by atoms with Crippen LogP contribution in [0.2, 0.25) is 0 Å². The highest BCUT2D eigenvalue weighted by molar-refractivity contribution is 6.15. The summed E-state index contributed by atoms with van der Waals surface area (Å²) in [4.78, 5) is 43.0. The normalized spacial score (nSPS) is 26.7. The molecular weight excluding hydrogens is 486 g/mol. The van der Waals surface area contributed by atoms with Crippen molar-refractivity contribution in [1.29, 1.82) is 0 Å². The van der Waals surface area contributed by atoms with Gasteiger partial charge in [0.05, 0.1) is 18.4 Å². The molecule has 0 saturated carbocycles. The van der Waals surface area contributed by atoms with Gasteiger partial charge in [0.25, 0.3) is 0 Å². The number of hydrogen-bond donors (Lipinski definition) is 3. The number of nitrogens with one attached hydrogen (secondary N) is 2. The van der Waals surface area contributed by atoms with Gasteiger partial charge in [-0.05, 0) is 54.3 Å². The molecule has 0 bridgehead atoms. The van der Waals surface area contributed by atoms with E-state index in [1.165, 1.54) is 4.90 Å². The van der Waals surface area contributed by atoms with Crippen LogP contribution < -0.4 is 20.1 Å². The minimum atomic E-state index is -1.36. The molecule has 2 fully saturated rings. The number of nitrogens with zero attached hydrogens (tertiary/aromatic N) is 1. The summed E-state index contributed by atoms with van der Waals surface area (Å²) in [6.45, 7) is 2.11. The lowest BCUT2D eigenvalue weighted by atomic mass is 9.76. The summed E-state index contributed by atoms with van der Waals surface area (Å²) in [6.07, 6.45) is 0.411. The number of fused-ring (bicyclic) bond motifs is 5. The van der Waals surface area contributed by atoms with Gasteiger partial charge in [0, 0.05) is 17.3 Å². The second-order valence-electron chi connectivity index (χ2n) is 10.3. The molecule has 2 saturated heterocycles. The van der Waals surface area contributed by atoms with Gasteiger partial charge in [-0.25, -0.2) is 0 Å². The van der Waals surface area contributed by atoms with Gasteiger partial charge in [-0.15, -0.1) is 0 Å². The summed E-state index contributed by atoms with van der Waals surface area (Å²) < 4.78 is 10.9. The second kappa shape index (κ2) is 8.06. The molecule has 0 aliphatic carbocycles. The molecule has 0 radical (unpaired) electrons. The fraction of sp³-hybridized carbons (Fsp3) is 0.276. The smallest absolute Gasteiger partial charge is 0.250 e. The van der Waals surface area contributed by atoms with Crippen molar-refractivity contribution >= 4 is 23.4 Å². The Hall–Kier alpha value is -4.37.